The van der Waals surface area contributed by atoms with Gasteiger partial charge in [-0.2, -0.15) is 13.2 Å². The predicted molar refractivity (Wildman–Crippen MR) is 95.0 cm³/mol. The van der Waals surface area contributed by atoms with Gasteiger partial charge in [-0.1, -0.05) is 17.3 Å². The first-order valence-corrected chi connectivity index (χ1v) is 8.29. The zero-order chi connectivity index (χ0) is 20.1. The summed E-state index contributed by atoms with van der Waals surface area (Å²) in [5, 5.41) is 10.3. The molecular weight excluding hydrogens is 377 g/mol. The molecule has 1 aromatic heterocycles. The van der Waals surface area contributed by atoms with Gasteiger partial charge < -0.3 is 14.8 Å². The van der Waals surface area contributed by atoms with E-state index in [4.69, 9.17) is 9.47 Å². The standard InChI is InChI=1S/C18H17F3N4O3/c1-27-8-9-28-16-7-6-12(18(19,20)21)10-14(16)22-17(26)11-25-15-5-3-2-4-13(15)23-24-25/h2-7,10H,8-9,11H2,1H3,(H,22,26). The minimum absolute atomic E-state index is 0.0830. The monoisotopic (exact) mass is 394 g/mol. The summed E-state index contributed by atoms with van der Waals surface area (Å²) >= 11 is 0. The molecule has 1 N–H and O–H groups in total. The molecule has 2 aromatic carbocycles. The molecule has 0 atom stereocenters. The molecule has 0 spiro atoms. The summed E-state index contributed by atoms with van der Waals surface area (Å²) in [5.41, 5.74) is 0.268. The van der Waals surface area contributed by atoms with Gasteiger partial charge in [0.1, 0.15) is 24.4 Å². The Kier molecular flexibility index (Phi) is 5.78. The van der Waals surface area contributed by atoms with Crippen molar-refractivity contribution in [1.82, 2.24) is 15.0 Å². The van der Waals surface area contributed by atoms with Gasteiger partial charge in [-0.3, -0.25) is 4.79 Å². The van der Waals surface area contributed by atoms with Crippen LogP contribution < -0.4 is 10.1 Å². The number of nitrogens with zero attached hydrogens (tertiary/aromatic N) is 3. The highest BCUT2D eigenvalue weighted by Gasteiger charge is 2.31. The Bertz CT molecular complexity index is 972. The molecule has 0 aliphatic carbocycles. The second-order valence-corrected chi connectivity index (χ2v) is 5.83. The van der Waals surface area contributed by atoms with Crippen LogP contribution in [0.25, 0.3) is 11.0 Å². The van der Waals surface area contributed by atoms with Crippen molar-refractivity contribution in [3.05, 3.63) is 48.0 Å². The van der Waals surface area contributed by atoms with E-state index >= 15 is 0 Å². The number of alkyl halides is 3. The van der Waals surface area contributed by atoms with Crippen LogP contribution in [0.15, 0.2) is 42.5 Å². The number of para-hydroxylation sites is 1. The first kappa shape index (κ1) is 19.6. The lowest BCUT2D eigenvalue weighted by Gasteiger charge is -2.15. The summed E-state index contributed by atoms with van der Waals surface area (Å²) in [7, 11) is 1.47. The summed E-state index contributed by atoms with van der Waals surface area (Å²) in [6.45, 7) is 0.159. The fourth-order valence-electron chi connectivity index (χ4n) is 2.52. The SMILES string of the molecule is COCCOc1ccc(C(F)(F)F)cc1NC(=O)Cn1nnc2ccccc21. The highest BCUT2D eigenvalue weighted by molar-refractivity contribution is 5.93. The fourth-order valence-corrected chi connectivity index (χ4v) is 2.52. The van der Waals surface area contributed by atoms with Crippen molar-refractivity contribution in [2.24, 2.45) is 0 Å². The first-order valence-electron chi connectivity index (χ1n) is 8.29. The molecule has 28 heavy (non-hydrogen) atoms. The van der Waals surface area contributed by atoms with Crippen molar-refractivity contribution >= 4 is 22.6 Å². The molecule has 1 heterocycles. The van der Waals surface area contributed by atoms with Gasteiger partial charge in [0.25, 0.3) is 0 Å². The summed E-state index contributed by atoms with van der Waals surface area (Å²) in [6, 6.07) is 9.93. The van der Waals surface area contributed by atoms with Crippen molar-refractivity contribution in [2.45, 2.75) is 12.7 Å². The van der Waals surface area contributed by atoms with Crippen LogP contribution >= 0.6 is 0 Å². The number of nitrogens with one attached hydrogen (secondary N) is 1. The topological polar surface area (TPSA) is 78.3 Å². The molecule has 0 saturated heterocycles. The van der Waals surface area contributed by atoms with E-state index in [1.807, 2.05) is 0 Å². The molecule has 10 heteroatoms. The van der Waals surface area contributed by atoms with E-state index in [0.29, 0.717) is 11.0 Å². The number of anilines is 1. The van der Waals surface area contributed by atoms with E-state index in [-0.39, 0.29) is 31.2 Å². The van der Waals surface area contributed by atoms with E-state index in [1.165, 1.54) is 17.9 Å². The average Bonchev–Trinajstić information content (AvgIpc) is 3.05. The molecular formula is C18H17F3N4O3. The summed E-state index contributed by atoms with van der Waals surface area (Å²) in [5.74, 6) is -0.451. The van der Waals surface area contributed by atoms with Crippen LogP contribution in [0.5, 0.6) is 5.75 Å². The highest BCUT2D eigenvalue weighted by atomic mass is 19.4. The quantitative estimate of drug-likeness (QED) is 0.623. The Morgan fingerprint density at radius 3 is 2.71 bits per heavy atom. The van der Waals surface area contributed by atoms with Crippen molar-refractivity contribution in [3.63, 3.8) is 0 Å². The van der Waals surface area contributed by atoms with E-state index < -0.39 is 17.6 Å². The van der Waals surface area contributed by atoms with Gasteiger partial charge in [0, 0.05) is 7.11 Å². The molecule has 148 valence electrons. The van der Waals surface area contributed by atoms with Crippen molar-refractivity contribution in [3.8, 4) is 5.75 Å². The van der Waals surface area contributed by atoms with Crippen LogP contribution in [0.1, 0.15) is 5.56 Å². The molecule has 0 unspecified atom stereocenters. The first-order chi connectivity index (χ1) is 13.4. The molecule has 0 saturated carbocycles. The second-order valence-electron chi connectivity index (χ2n) is 5.83. The molecule has 7 nitrogen and oxygen atoms in total. The zero-order valence-electron chi connectivity index (χ0n) is 14.9. The van der Waals surface area contributed by atoms with Gasteiger partial charge >= 0.3 is 6.18 Å². The maximum Gasteiger partial charge on any atom is 0.416 e. The molecule has 1 amide bonds. The molecule has 0 radical (unpaired) electrons. The number of carbonyl (C=O) groups excluding carboxylic acids is 1. The maximum absolute atomic E-state index is 13.0. The van der Waals surface area contributed by atoms with Gasteiger partial charge in [-0.25, -0.2) is 4.68 Å². The summed E-state index contributed by atoms with van der Waals surface area (Å²) in [6.07, 6.45) is -4.55. The number of carbonyl (C=O) groups is 1. The molecule has 0 aliphatic rings. The lowest BCUT2D eigenvalue weighted by Crippen LogP contribution is -2.20. The summed E-state index contributed by atoms with van der Waals surface area (Å²) in [4.78, 5) is 12.4. The van der Waals surface area contributed by atoms with Crippen molar-refractivity contribution < 1.29 is 27.4 Å². The lowest BCUT2D eigenvalue weighted by molar-refractivity contribution is -0.137. The van der Waals surface area contributed by atoms with Crippen LogP contribution in [0, 0.1) is 0 Å². The minimum Gasteiger partial charge on any atom is -0.489 e. The Morgan fingerprint density at radius 2 is 1.96 bits per heavy atom. The number of fused-ring (bicyclic) bond motifs is 1. The van der Waals surface area contributed by atoms with E-state index in [9.17, 15) is 18.0 Å². The largest absolute Gasteiger partial charge is 0.489 e. The van der Waals surface area contributed by atoms with Crippen LogP contribution in [-0.2, 0) is 22.3 Å². The van der Waals surface area contributed by atoms with Crippen LogP contribution in [-0.4, -0.2) is 41.2 Å². The van der Waals surface area contributed by atoms with E-state index in [1.54, 1.807) is 24.3 Å². The van der Waals surface area contributed by atoms with Crippen LogP contribution in [0.4, 0.5) is 18.9 Å². The normalized spacial score (nSPS) is 11.6. The number of aromatic nitrogens is 3. The smallest absolute Gasteiger partial charge is 0.416 e. The van der Waals surface area contributed by atoms with Gasteiger partial charge in [0.05, 0.1) is 23.4 Å². The molecule has 0 aliphatic heterocycles. The van der Waals surface area contributed by atoms with Crippen molar-refractivity contribution in [1.29, 1.82) is 0 Å². The molecule has 0 fully saturated rings. The Morgan fingerprint density at radius 1 is 1.18 bits per heavy atom. The highest BCUT2D eigenvalue weighted by Crippen LogP contribution is 2.35. The van der Waals surface area contributed by atoms with Crippen LogP contribution in [0.2, 0.25) is 0 Å². The Balaban J connectivity index is 1.80. The van der Waals surface area contributed by atoms with Gasteiger partial charge in [0.2, 0.25) is 5.91 Å². The molecule has 3 aromatic rings. The maximum atomic E-state index is 13.0. The minimum atomic E-state index is -4.55. The van der Waals surface area contributed by atoms with Gasteiger partial charge in [-0.15, -0.1) is 5.10 Å². The second kappa shape index (κ2) is 8.26. The third-order valence-electron chi connectivity index (χ3n) is 3.84. The lowest BCUT2D eigenvalue weighted by atomic mass is 10.1. The van der Waals surface area contributed by atoms with E-state index in [0.717, 1.165) is 12.1 Å². The fraction of sp³-hybridized carbons (Fsp3) is 0.278. The average molecular weight is 394 g/mol. The van der Waals surface area contributed by atoms with Crippen LogP contribution in [0.3, 0.4) is 0 Å². The Hall–Kier alpha value is -3.14. The number of benzene rings is 2. The van der Waals surface area contributed by atoms with Gasteiger partial charge in [0.15, 0.2) is 0 Å². The number of hydrogen-bond donors (Lipinski definition) is 1. The predicted octanol–water partition coefficient (Wildman–Crippen LogP) is 3.11. The number of rotatable bonds is 7. The third-order valence-corrected chi connectivity index (χ3v) is 3.84. The van der Waals surface area contributed by atoms with Gasteiger partial charge in [-0.05, 0) is 30.3 Å². The summed E-state index contributed by atoms with van der Waals surface area (Å²) < 4.78 is 50.7. The van der Waals surface area contributed by atoms with Crippen molar-refractivity contribution in [2.75, 3.05) is 25.6 Å². The van der Waals surface area contributed by atoms with E-state index in [2.05, 4.69) is 15.6 Å². The third kappa shape index (κ3) is 4.58. The number of ether oxygens (including phenoxy) is 2. The zero-order valence-corrected chi connectivity index (χ0v) is 14.9. The number of hydrogen-bond acceptors (Lipinski definition) is 5. The number of methoxy groups -OCH3 is 1. The number of halogens is 3. The number of amides is 1. The molecule has 0 bridgehead atoms. The Labute approximate surface area is 158 Å². The molecule has 3 rings (SSSR count).